The Hall–Kier alpha value is -2.59. The van der Waals surface area contributed by atoms with Crippen LogP contribution in [0.25, 0.3) is 11.6 Å². The average molecular weight is 340 g/mol. The summed E-state index contributed by atoms with van der Waals surface area (Å²) in [6.07, 6.45) is 4.58. The molecule has 0 N–H and O–H groups in total. The number of carbonyl (C=O) groups excluding carboxylic acids is 1. The smallest absolute Gasteiger partial charge is 0.150 e. The summed E-state index contributed by atoms with van der Waals surface area (Å²) in [6.45, 7) is 0.733. The predicted octanol–water partition coefficient (Wildman–Crippen LogP) is 4.02. The molecule has 0 unspecified atom stereocenters. The minimum atomic E-state index is 0.591. The fourth-order valence-electron chi connectivity index (χ4n) is 2.59. The van der Waals surface area contributed by atoms with Gasteiger partial charge in [0.15, 0.2) is 6.29 Å². The van der Waals surface area contributed by atoms with E-state index in [1.165, 1.54) is 5.56 Å². The fourth-order valence-corrected chi connectivity index (χ4v) is 2.59. The van der Waals surface area contributed by atoms with Gasteiger partial charge in [-0.25, -0.2) is 0 Å². The van der Waals surface area contributed by atoms with Gasteiger partial charge in [0.2, 0.25) is 0 Å². The van der Waals surface area contributed by atoms with Crippen molar-refractivity contribution in [3.05, 3.63) is 59.2 Å². The molecule has 0 aliphatic rings. The van der Waals surface area contributed by atoms with Crippen molar-refractivity contribution in [2.45, 2.75) is 12.8 Å². The zero-order valence-electron chi connectivity index (χ0n) is 15.0. The lowest BCUT2D eigenvalue weighted by Crippen LogP contribution is -1.95. The van der Waals surface area contributed by atoms with Crippen LogP contribution in [-0.2, 0) is 16.0 Å². The molecule has 0 amide bonds. The van der Waals surface area contributed by atoms with Crippen LogP contribution < -0.4 is 9.47 Å². The lowest BCUT2D eigenvalue weighted by atomic mass is 10.0. The molecule has 4 nitrogen and oxygen atoms in total. The van der Waals surface area contributed by atoms with Crippen LogP contribution >= 0.6 is 0 Å². The summed E-state index contributed by atoms with van der Waals surface area (Å²) in [5.74, 6) is 1.51. The van der Waals surface area contributed by atoms with E-state index in [4.69, 9.17) is 14.2 Å². The maximum Gasteiger partial charge on any atom is 0.150 e. The molecule has 0 spiro atoms. The van der Waals surface area contributed by atoms with Crippen LogP contribution in [0, 0.1) is 0 Å². The van der Waals surface area contributed by atoms with E-state index in [9.17, 15) is 4.79 Å². The second kappa shape index (κ2) is 9.64. The minimum Gasteiger partial charge on any atom is -0.497 e. The third kappa shape index (κ3) is 5.19. The number of hydrogen-bond acceptors (Lipinski definition) is 4. The number of benzene rings is 2. The molecular weight excluding hydrogens is 316 g/mol. The summed E-state index contributed by atoms with van der Waals surface area (Å²) in [5.41, 5.74) is 3.48. The molecule has 0 aliphatic carbocycles. The number of aldehydes is 1. The Morgan fingerprint density at radius 3 is 2.36 bits per heavy atom. The third-order valence-corrected chi connectivity index (χ3v) is 3.97. The zero-order valence-corrected chi connectivity index (χ0v) is 15.0. The molecule has 2 aromatic rings. The molecule has 0 bridgehead atoms. The highest BCUT2D eigenvalue weighted by Crippen LogP contribution is 2.26. The van der Waals surface area contributed by atoms with Gasteiger partial charge < -0.3 is 14.2 Å². The molecule has 0 radical (unpaired) electrons. The normalized spacial score (nSPS) is 11.2. The minimum absolute atomic E-state index is 0.591. The maximum atomic E-state index is 11.6. The first-order valence-corrected chi connectivity index (χ1v) is 8.19. The molecule has 0 fully saturated rings. The monoisotopic (exact) mass is 340 g/mol. The predicted molar refractivity (Wildman–Crippen MR) is 100 cm³/mol. The SMILES string of the molecule is COCCCc1ccc(/C=C(\C=O)c2ccc(OC)cc2)c(OC)c1. The molecule has 0 saturated heterocycles. The van der Waals surface area contributed by atoms with E-state index < -0.39 is 0 Å². The maximum absolute atomic E-state index is 11.6. The topological polar surface area (TPSA) is 44.8 Å². The molecule has 25 heavy (non-hydrogen) atoms. The number of carbonyl (C=O) groups is 1. The fraction of sp³-hybridized carbons (Fsp3) is 0.286. The van der Waals surface area contributed by atoms with Gasteiger partial charge in [-0.3, -0.25) is 4.79 Å². The van der Waals surface area contributed by atoms with Crippen molar-refractivity contribution < 1.29 is 19.0 Å². The molecular formula is C21H24O4. The average Bonchev–Trinajstić information content (AvgIpc) is 2.67. The van der Waals surface area contributed by atoms with Crippen molar-refractivity contribution in [3.8, 4) is 11.5 Å². The Labute approximate surface area is 149 Å². The second-order valence-corrected chi connectivity index (χ2v) is 5.62. The van der Waals surface area contributed by atoms with Gasteiger partial charge in [-0.1, -0.05) is 24.3 Å². The van der Waals surface area contributed by atoms with E-state index in [1.54, 1.807) is 21.3 Å². The first-order valence-electron chi connectivity index (χ1n) is 8.19. The Kier molecular flexibility index (Phi) is 7.23. The Morgan fingerprint density at radius 2 is 1.76 bits per heavy atom. The van der Waals surface area contributed by atoms with Crippen LogP contribution in [-0.4, -0.2) is 34.2 Å². The number of hydrogen-bond donors (Lipinski definition) is 0. The second-order valence-electron chi connectivity index (χ2n) is 5.62. The molecule has 0 aliphatic heterocycles. The van der Waals surface area contributed by atoms with Crippen molar-refractivity contribution in [1.82, 2.24) is 0 Å². The van der Waals surface area contributed by atoms with Crippen LogP contribution in [0.2, 0.25) is 0 Å². The molecule has 0 aromatic heterocycles. The van der Waals surface area contributed by atoms with E-state index in [0.717, 1.165) is 48.4 Å². The van der Waals surface area contributed by atoms with E-state index in [-0.39, 0.29) is 0 Å². The molecule has 0 saturated carbocycles. The van der Waals surface area contributed by atoms with Gasteiger partial charge in [0.05, 0.1) is 14.2 Å². The highest BCUT2D eigenvalue weighted by atomic mass is 16.5. The van der Waals surface area contributed by atoms with Gasteiger partial charge in [0.1, 0.15) is 11.5 Å². The summed E-state index contributed by atoms with van der Waals surface area (Å²) in [6, 6.07) is 13.5. The van der Waals surface area contributed by atoms with Crippen molar-refractivity contribution in [2.24, 2.45) is 0 Å². The van der Waals surface area contributed by atoms with Crippen LogP contribution in [0.4, 0.5) is 0 Å². The molecule has 132 valence electrons. The van der Waals surface area contributed by atoms with E-state index in [2.05, 4.69) is 6.07 Å². The van der Waals surface area contributed by atoms with Gasteiger partial charge in [-0.05, 0) is 48.2 Å². The van der Waals surface area contributed by atoms with Crippen molar-refractivity contribution in [3.63, 3.8) is 0 Å². The summed E-state index contributed by atoms with van der Waals surface area (Å²) in [5, 5.41) is 0. The van der Waals surface area contributed by atoms with Gasteiger partial charge >= 0.3 is 0 Å². The van der Waals surface area contributed by atoms with Crippen molar-refractivity contribution >= 4 is 17.9 Å². The highest BCUT2D eigenvalue weighted by molar-refractivity contribution is 6.13. The summed E-state index contributed by atoms with van der Waals surface area (Å²) >= 11 is 0. The lowest BCUT2D eigenvalue weighted by molar-refractivity contribution is -0.103. The Balaban J connectivity index is 2.27. The number of allylic oxidation sites excluding steroid dienone is 1. The number of methoxy groups -OCH3 is 3. The molecule has 0 heterocycles. The zero-order chi connectivity index (χ0) is 18.1. The summed E-state index contributed by atoms with van der Waals surface area (Å²) in [4.78, 5) is 11.6. The molecule has 2 rings (SSSR count). The first kappa shape index (κ1) is 18.7. The molecule has 0 atom stereocenters. The van der Waals surface area contributed by atoms with Crippen LogP contribution in [0.3, 0.4) is 0 Å². The van der Waals surface area contributed by atoms with Crippen LogP contribution in [0.1, 0.15) is 23.1 Å². The lowest BCUT2D eigenvalue weighted by Gasteiger charge is -2.10. The quantitative estimate of drug-likeness (QED) is 0.299. The number of rotatable bonds is 9. The molecule has 2 aromatic carbocycles. The van der Waals surface area contributed by atoms with E-state index >= 15 is 0 Å². The van der Waals surface area contributed by atoms with Gasteiger partial charge in [-0.2, -0.15) is 0 Å². The van der Waals surface area contributed by atoms with Gasteiger partial charge in [0.25, 0.3) is 0 Å². The van der Waals surface area contributed by atoms with Crippen LogP contribution in [0.15, 0.2) is 42.5 Å². The summed E-state index contributed by atoms with van der Waals surface area (Å²) in [7, 11) is 4.96. The Bertz CT molecular complexity index is 717. The van der Waals surface area contributed by atoms with Gasteiger partial charge in [0, 0.05) is 24.9 Å². The van der Waals surface area contributed by atoms with E-state index in [0.29, 0.717) is 5.57 Å². The highest BCUT2D eigenvalue weighted by Gasteiger charge is 2.07. The van der Waals surface area contributed by atoms with Crippen molar-refractivity contribution in [1.29, 1.82) is 0 Å². The number of ether oxygens (including phenoxy) is 3. The number of aryl methyl sites for hydroxylation is 1. The van der Waals surface area contributed by atoms with E-state index in [1.807, 2.05) is 42.5 Å². The first-order chi connectivity index (χ1) is 12.2. The third-order valence-electron chi connectivity index (χ3n) is 3.97. The largest absolute Gasteiger partial charge is 0.497 e. The van der Waals surface area contributed by atoms with Crippen molar-refractivity contribution in [2.75, 3.05) is 27.9 Å². The summed E-state index contributed by atoms with van der Waals surface area (Å²) < 4.78 is 15.7. The standard InChI is InChI=1S/C21H24O4/c1-23-12-4-5-16-6-7-18(21(13-16)25-3)14-19(15-22)17-8-10-20(24-2)11-9-17/h6-11,13-15H,4-5,12H2,1-3H3/b19-14+. The Morgan fingerprint density at radius 1 is 1.00 bits per heavy atom. The van der Waals surface area contributed by atoms with Crippen LogP contribution in [0.5, 0.6) is 11.5 Å². The molecule has 4 heteroatoms. The van der Waals surface area contributed by atoms with Gasteiger partial charge in [-0.15, -0.1) is 0 Å².